The summed E-state index contributed by atoms with van der Waals surface area (Å²) in [6.07, 6.45) is 3.48. The SMILES string of the molecule is COc1ccccc1CNC(=O)Nc1cc(C(=O)NO)cc(-c2ccc(-c3cccnc3)cc2)n1. The quantitative estimate of drug-likeness (QED) is 0.237. The van der Waals surface area contributed by atoms with Crippen LogP contribution in [0.2, 0.25) is 0 Å². The van der Waals surface area contributed by atoms with Crippen LogP contribution in [0.1, 0.15) is 15.9 Å². The summed E-state index contributed by atoms with van der Waals surface area (Å²) in [5, 5.41) is 14.5. The van der Waals surface area contributed by atoms with Crippen molar-refractivity contribution < 1.29 is 19.5 Å². The minimum Gasteiger partial charge on any atom is -0.496 e. The molecule has 0 radical (unpaired) electrons. The monoisotopic (exact) mass is 469 g/mol. The molecule has 4 rings (SSSR count). The van der Waals surface area contributed by atoms with Gasteiger partial charge in [0.05, 0.1) is 12.8 Å². The van der Waals surface area contributed by atoms with E-state index in [9.17, 15) is 9.59 Å². The molecule has 4 aromatic rings. The first-order chi connectivity index (χ1) is 17.1. The largest absolute Gasteiger partial charge is 0.496 e. The number of amides is 3. The number of hydrogen-bond donors (Lipinski definition) is 4. The van der Waals surface area contributed by atoms with E-state index in [0.29, 0.717) is 11.4 Å². The molecule has 0 aliphatic heterocycles. The molecule has 0 saturated heterocycles. The van der Waals surface area contributed by atoms with Crippen LogP contribution in [0.5, 0.6) is 5.75 Å². The fourth-order valence-electron chi connectivity index (χ4n) is 3.49. The van der Waals surface area contributed by atoms with E-state index in [1.807, 2.05) is 54.6 Å². The molecule has 0 saturated carbocycles. The zero-order chi connectivity index (χ0) is 24.6. The molecule has 4 N–H and O–H groups in total. The van der Waals surface area contributed by atoms with Gasteiger partial charge >= 0.3 is 6.03 Å². The Hall–Kier alpha value is -4.76. The van der Waals surface area contributed by atoms with Crippen molar-refractivity contribution in [3.8, 4) is 28.1 Å². The molecule has 0 bridgehead atoms. The number of methoxy groups -OCH3 is 1. The molecule has 0 atom stereocenters. The van der Waals surface area contributed by atoms with Gasteiger partial charge in [-0.1, -0.05) is 48.5 Å². The predicted octanol–water partition coefficient (Wildman–Crippen LogP) is 4.26. The minimum absolute atomic E-state index is 0.133. The van der Waals surface area contributed by atoms with Gasteiger partial charge in [-0.2, -0.15) is 0 Å². The number of para-hydroxylation sites is 1. The number of carbonyl (C=O) groups excluding carboxylic acids is 2. The highest BCUT2D eigenvalue weighted by Gasteiger charge is 2.13. The van der Waals surface area contributed by atoms with Gasteiger partial charge in [-0.05, 0) is 35.4 Å². The van der Waals surface area contributed by atoms with Gasteiger partial charge in [0, 0.05) is 35.6 Å². The standard InChI is InChI=1S/C26H23N5O4/c1-35-23-7-3-2-5-20(23)16-28-26(33)30-24-14-21(25(32)31-34)13-22(29-24)18-10-8-17(9-11-18)19-6-4-12-27-15-19/h2-15,34H,16H2,1H3,(H,31,32)(H2,28,29,30,33). The zero-order valence-corrected chi connectivity index (χ0v) is 18.9. The number of pyridine rings is 2. The highest BCUT2D eigenvalue weighted by Crippen LogP contribution is 2.25. The number of carbonyl (C=O) groups is 2. The molecule has 0 aliphatic rings. The summed E-state index contributed by atoms with van der Waals surface area (Å²) >= 11 is 0. The third-order valence-corrected chi connectivity index (χ3v) is 5.24. The summed E-state index contributed by atoms with van der Waals surface area (Å²) in [5.74, 6) is 0.0811. The van der Waals surface area contributed by atoms with Crippen molar-refractivity contribution >= 4 is 17.8 Å². The first kappa shape index (κ1) is 23.4. The number of aromatic nitrogens is 2. The average Bonchev–Trinajstić information content (AvgIpc) is 2.92. The van der Waals surface area contributed by atoms with E-state index in [1.54, 1.807) is 31.0 Å². The smallest absolute Gasteiger partial charge is 0.320 e. The van der Waals surface area contributed by atoms with Crippen LogP contribution >= 0.6 is 0 Å². The number of rotatable bonds is 7. The summed E-state index contributed by atoms with van der Waals surface area (Å²) in [4.78, 5) is 33.3. The lowest BCUT2D eigenvalue weighted by Crippen LogP contribution is -2.29. The van der Waals surface area contributed by atoms with E-state index in [0.717, 1.165) is 22.3 Å². The second-order valence-electron chi connectivity index (χ2n) is 7.51. The van der Waals surface area contributed by atoms with Crippen LogP contribution in [0.25, 0.3) is 22.4 Å². The molecule has 176 valence electrons. The van der Waals surface area contributed by atoms with Crippen LogP contribution in [0, 0.1) is 0 Å². The van der Waals surface area contributed by atoms with Crippen molar-refractivity contribution in [3.63, 3.8) is 0 Å². The van der Waals surface area contributed by atoms with Gasteiger partial charge in [-0.25, -0.2) is 15.3 Å². The normalized spacial score (nSPS) is 10.3. The molecule has 0 unspecified atom stereocenters. The van der Waals surface area contributed by atoms with Crippen LogP contribution in [0.3, 0.4) is 0 Å². The summed E-state index contributed by atoms with van der Waals surface area (Å²) in [6.45, 7) is 0.231. The maximum absolute atomic E-state index is 12.5. The Bertz CT molecular complexity index is 1330. The fraction of sp³-hybridized carbons (Fsp3) is 0.0769. The van der Waals surface area contributed by atoms with E-state index >= 15 is 0 Å². The Kier molecular flexibility index (Phi) is 7.29. The molecule has 2 heterocycles. The van der Waals surface area contributed by atoms with Crippen LogP contribution < -0.4 is 20.9 Å². The van der Waals surface area contributed by atoms with E-state index in [-0.39, 0.29) is 17.9 Å². The maximum atomic E-state index is 12.5. The Labute approximate surface area is 201 Å². The Balaban J connectivity index is 1.55. The molecule has 35 heavy (non-hydrogen) atoms. The van der Waals surface area contributed by atoms with Crippen molar-refractivity contribution in [2.24, 2.45) is 0 Å². The number of nitrogens with zero attached hydrogens (tertiary/aromatic N) is 2. The van der Waals surface area contributed by atoms with Crippen LogP contribution in [0.15, 0.2) is 85.2 Å². The second kappa shape index (κ2) is 10.9. The zero-order valence-electron chi connectivity index (χ0n) is 18.9. The lowest BCUT2D eigenvalue weighted by Gasteiger charge is -2.12. The highest BCUT2D eigenvalue weighted by atomic mass is 16.5. The highest BCUT2D eigenvalue weighted by molar-refractivity contribution is 5.97. The maximum Gasteiger partial charge on any atom is 0.320 e. The molecule has 3 amide bonds. The van der Waals surface area contributed by atoms with Crippen molar-refractivity contribution in [1.29, 1.82) is 0 Å². The molecule has 9 heteroatoms. The van der Waals surface area contributed by atoms with Crippen molar-refractivity contribution in [2.75, 3.05) is 12.4 Å². The number of nitrogens with one attached hydrogen (secondary N) is 3. The number of urea groups is 1. The molecule has 0 spiro atoms. The van der Waals surface area contributed by atoms with Gasteiger partial charge in [-0.15, -0.1) is 0 Å². The van der Waals surface area contributed by atoms with E-state index < -0.39 is 11.9 Å². The third-order valence-electron chi connectivity index (χ3n) is 5.24. The molecule has 2 aromatic carbocycles. The summed E-state index contributed by atoms with van der Waals surface area (Å²) in [6, 6.07) is 21.1. The number of ether oxygens (including phenoxy) is 1. The molecule has 9 nitrogen and oxygen atoms in total. The van der Waals surface area contributed by atoms with E-state index in [4.69, 9.17) is 9.94 Å². The van der Waals surface area contributed by atoms with Crippen LogP contribution in [0.4, 0.5) is 10.6 Å². The van der Waals surface area contributed by atoms with Crippen LogP contribution in [-0.2, 0) is 6.54 Å². The summed E-state index contributed by atoms with van der Waals surface area (Å²) in [5.41, 5.74) is 5.67. The van der Waals surface area contributed by atoms with Gasteiger partial charge < -0.3 is 10.1 Å². The lowest BCUT2D eigenvalue weighted by atomic mass is 10.0. The number of benzene rings is 2. The second-order valence-corrected chi connectivity index (χ2v) is 7.51. The molecule has 0 aliphatic carbocycles. The Morgan fingerprint density at radius 3 is 2.43 bits per heavy atom. The number of anilines is 1. The summed E-state index contributed by atoms with van der Waals surface area (Å²) in [7, 11) is 1.56. The molecule has 2 aromatic heterocycles. The first-order valence-electron chi connectivity index (χ1n) is 10.7. The van der Waals surface area contributed by atoms with Crippen molar-refractivity contribution in [1.82, 2.24) is 20.8 Å². The van der Waals surface area contributed by atoms with Gasteiger partial charge in [0.2, 0.25) is 0 Å². The van der Waals surface area contributed by atoms with Gasteiger partial charge in [0.25, 0.3) is 5.91 Å². The molecular weight excluding hydrogens is 446 g/mol. The summed E-state index contributed by atoms with van der Waals surface area (Å²) < 4.78 is 5.30. The van der Waals surface area contributed by atoms with Gasteiger partial charge in [0.1, 0.15) is 11.6 Å². The number of hydrogen-bond acceptors (Lipinski definition) is 6. The van der Waals surface area contributed by atoms with Crippen molar-refractivity contribution in [2.45, 2.75) is 6.54 Å². The molecule has 0 fully saturated rings. The minimum atomic E-state index is -0.724. The third kappa shape index (κ3) is 5.79. The first-order valence-corrected chi connectivity index (χ1v) is 10.7. The lowest BCUT2D eigenvalue weighted by molar-refractivity contribution is 0.0706. The number of hydroxylamine groups is 1. The Morgan fingerprint density at radius 1 is 0.943 bits per heavy atom. The van der Waals surface area contributed by atoms with Crippen LogP contribution in [-0.4, -0.2) is 34.2 Å². The van der Waals surface area contributed by atoms with Gasteiger partial charge in [0.15, 0.2) is 0 Å². The van der Waals surface area contributed by atoms with Crippen molar-refractivity contribution in [3.05, 3.63) is 96.3 Å². The Morgan fingerprint density at radius 2 is 1.71 bits per heavy atom. The van der Waals surface area contributed by atoms with Gasteiger partial charge in [-0.3, -0.25) is 20.3 Å². The fourth-order valence-corrected chi connectivity index (χ4v) is 3.49. The van der Waals surface area contributed by atoms with E-state index in [2.05, 4.69) is 20.6 Å². The average molecular weight is 470 g/mol. The molecular formula is C26H23N5O4. The predicted molar refractivity (Wildman–Crippen MR) is 131 cm³/mol. The topological polar surface area (TPSA) is 125 Å². The van der Waals surface area contributed by atoms with E-state index in [1.165, 1.54) is 12.1 Å².